The fourth-order valence-electron chi connectivity index (χ4n) is 3.78. The third-order valence-electron chi connectivity index (χ3n) is 4.70. The van der Waals surface area contributed by atoms with E-state index in [1.54, 1.807) is 5.57 Å². The topological polar surface area (TPSA) is 0 Å². The summed E-state index contributed by atoms with van der Waals surface area (Å²) in [6, 6.07) is 13.3. The Hall–Kier alpha value is -2.34. The van der Waals surface area contributed by atoms with E-state index in [2.05, 4.69) is 60.7 Å². The molecule has 0 aromatic heterocycles. The largest absolute Gasteiger partial charge is 0.0621 e. The molecule has 0 atom stereocenters. The Labute approximate surface area is 118 Å². The summed E-state index contributed by atoms with van der Waals surface area (Å²) < 4.78 is 0. The highest BCUT2D eigenvalue weighted by Gasteiger charge is 2.25. The van der Waals surface area contributed by atoms with Crippen LogP contribution < -0.4 is 0 Å². The van der Waals surface area contributed by atoms with Gasteiger partial charge in [0.2, 0.25) is 0 Å². The van der Waals surface area contributed by atoms with E-state index in [9.17, 15) is 0 Å². The molecular formula is C20H14. The smallest absolute Gasteiger partial charge is 0.00358 e. The monoisotopic (exact) mass is 254 g/mol. The second-order valence-corrected chi connectivity index (χ2v) is 5.85. The molecule has 0 heteroatoms. The number of hydrogen-bond acceptors (Lipinski definition) is 0. The molecule has 0 nitrogen and oxygen atoms in total. The van der Waals surface area contributed by atoms with E-state index in [4.69, 9.17) is 0 Å². The van der Waals surface area contributed by atoms with E-state index >= 15 is 0 Å². The molecule has 0 saturated carbocycles. The summed E-state index contributed by atoms with van der Waals surface area (Å²) in [7, 11) is 0. The fourth-order valence-corrected chi connectivity index (χ4v) is 3.78. The zero-order chi connectivity index (χ0) is 13.1. The maximum absolute atomic E-state index is 2.33. The molecule has 0 N–H and O–H groups in total. The first kappa shape index (κ1) is 10.4. The van der Waals surface area contributed by atoms with Crippen LogP contribution in [-0.4, -0.2) is 0 Å². The molecule has 0 unspecified atom stereocenters. The van der Waals surface area contributed by atoms with Gasteiger partial charge in [0.25, 0.3) is 0 Å². The fraction of sp³-hybridized carbons (Fsp3) is 0.100. The zero-order valence-corrected chi connectivity index (χ0v) is 11.2. The summed E-state index contributed by atoms with van der Waals surface area (Å²) >= 11 is 0. The Bertz CT molecular complexity index is 880. The van der Waals surface area contributed by atoms with Crippen molar-refractivity contribution in [3.63, 3.8) is 0 Å². The molecule has 0 saturated heterocycles. The molecule has 2 bridgehead atoms. The van der Waals surface area contributed by atoms with E-state index in [0.29, 0.717) is 0 Å². The second-order valence-electron chi connectivity index (χ2n) is 5.85. The molecule has 0 fully saturated rings. The summed E-state index contributed by atoms with van der Waals surface area (Å²) in [5.41, 5.74) is 8.78. The summed E-state index contributed by atoms with van der Waals surface area (Å²) in [6.07, 6.45) is 11.5. The van der Waals surface area contributed by atoms with Crippen LogP contribution in [0.5, 0.6) is 0 Å². The minimum Gasteiger partial charge on any atom is -0.0621 e. The van der Waals surface area contributed by atoms with Gasteiger partial charge >= 0.3 is 0 Å². The molecule has 3 aliphatic carbocycles. The van der Waals surface area contributed by atoms with Crippen molar-refractivity contribution in [3.8, 4) is 0 Å². The molecule has 0 heterocycles. The SMILES string of the molecule is C1=Cc2cccc3cccc(c23)C2=C1C1=CC=C(C1)C2. The highest BCUT2D eigenvalue weighted by Crippen LogP contribution is 2.46. The first-order chi connectivity index (χ1) is 9.90. The van der Waals surface area contributed by atoms with Crippen molar-refractivity contribution >= 4 is 22.4 Å². The van der Waals surface area contributed by atoms with Gasteiger partial charge in [-0.05, 0) is 51.5 Å². The molecule has 5 rings (SSSR count). The van der Waals surface area contributed by atoms with Crippen molar-refractivity contribution in [2.24, 2.45) is 0 Å². The lowest BCUT2D eigenvalue weighted by atomic mass is 9.83. The van der Waals surface area contributed by atoms with Gasteiger partial charge in [-0.2, -0.15) is 0 Å². The zero-order valence-electron chi connectivity index (χ0n) is 11.2. The van der Waals surface area contributed by atoms with Crippen molar-refractivity contribution in [2.45, 2.75) is 12.8 Å². The molecule has 2 aromatic rings. The van der Waals surface area contributed by atoms with E-state index in [1.165, 1.54) is 38.6 Å². The minimum atomic E-state index is 1.10. The molecule has 0 spiro atoms. The van der Waals surface area contributed by atoms with Crippen molar-refractivity contribution in [2.75, 3.05) is 0 Å². The van der Waals surface area contributed by atoms with Crippen LogP contribution in [0.2, 0.25) is 0 Å². The van der Waals surface area contributed by atoms with Crippen LogP contribution in [0.25, 0.3) is 22.4 Å². The predicted octanol–water partition coefficient (Wildman–Crippen LogP) is 5.28. The summed E-state index contributed by atoms with van der Waals surface area (Å²) in [6.45, 7) is 0. The van der Waals surface area contributed by atoms with Crippen LogP contribution in [0, 0.1) is 0 Å². The third kappa shape index (κ3) is 1.26. The van der Waals surface area contributed by atoms with Gasteiger partial charge in [-0.3, -0.25) is 0 Å². The standard InChI is InChI=1S/C20H14/c1-3-14-5-2-6-18-19-12-13-7-8-16(11-13)17(19)10-9-15(4-1)20(14)18/h1-10H,11-12H2. The highest BCUT2D eigenvalue weighted by atomic mass is 14.3. The van der Waals surface area contributed by atoms with Crippen LogP contribution in [0.1, 0.15) is 24.0 Å². The van der Waals surface area contributed by atoms with Crippen LogP contribution in [-0.2, 0) is 0 Å². The predicted molar refractivity (Wildman–Crippen MR) is 85.3 cm³/mol. The molecule has 3 aliphatic rings. The molecule has 0 aliphatic heterocycles. The molecular weight excluding hydrogens is 240 g/mol. The first-order valence-electron chi connectivity index (χ1n) is 7.22. The Morgan fingerprint density at radius 1 is 0.800 bits per heavy atom. The van der Waals surface area contributed by atoms with Crippen molar-refractivity contribution < 1.29 is 0 Å². The molecule has 0 amide bonds. The van der Waals surface area contributed by atoms with Gasteiger partial charge < -0.3 is 0 Å². The van der Waals surface area contributed by atoms with Gasteiger partial charge in [0.1, 0.15) is 0 Å². The summed E-state index contributed by atoms with van der Waals surface area (Å²) in [5.74, 6) is 0. The van der Waals surface area contributed by atoms with E-state index < -0.39 is 0 Å². The van der Waals surface area contributed by atoms with E-state index in [1.807, 2.05) is 0 Å². The van der Waals surface area contributed by atoms with Crippen molar-refractivity contribution in [1.82, 2.24) is 0 Å². The Balaban J connectivity index is 1.93. The van der Waals surface area contributed by atoms with Crippen molar-refractivity contribution in [1.29, 1.82) is 0 Å². The van der Waals surface area contributed by atoms with Gasteiger partial charge in [-0.1, -0.05) is 66.3 Å². The van der Waals surface area contributed by atoms with Crippen LogP contribution in [0.3, 0.4) is 0 Å². The Morgan fingerprint density at radius 3 is 2.65 bits per heavy atom. The summed E-state index contributed by atoms with van der Waals surface area (Å²) in [5, 5.41) is 2.76. The molecule has 20 heavy (non-hydrogen) atoms. The lowest BCUT2D eigenvalue weighted by Gasteiger charge is -2.21. The Kier molecular flexibility index (Phi) is 1.88. The second kappa shape index (κ2) is 3.61. The number of fused-ring (bicyclic) bond motifs is 4. The molecule has 94 valence electrons. The highest BCUT2D eigenvalue weighted by molar-refractivity contribution is 6.03. The maximum atomic E-state index is 2.33. The number of allylic oxidation sites excluding steroid dienone is 7. The van der Waals surface area contributed by atoms with Gasteiger partial charge in [-0.15, -0.1) is 0 Å². The van der Waals surface area contributed by atoms with E-state index in [0.717, 1.165) is 12.8 Å². The van der Waals surface area contributed by atoms with Gasteiger partial charge in [-0.25, -0.2) is 0 Å². The number of hydrogen-bond donors (Lipinski definition) is 0. The number of benzene rings is 2. The van der Waals surface area contributed by atoms with Crippen LogP contribution in [0.4, 0.5) is 0 Å². The third-order valence-corrected chi connectivity index (χ3v) is 4.70. The lowest BCUT2D eigenvalue weighted by Crippen LogP contribution is -2.00. The van der Waals surface area contributed by atoms with Gasteiger partial charge in [0.15, 0.2) is 0 Å². The van der Waals surface area contributed by atoms with Crippen LogP contribution in [0.15, 0.2) is 71.3 Å². The maximum Gasteiger partial charge on any atom is -0.00358 e. The average Bonchev–Trinajstić information content (AvgIpc) is 2.79. The minimum absolute atomic E-state index is 1.10. The average molecular weight is 254 g/mol. The number of rotatable bonds is 0. The van der Waals surface area contributed by atoms with Gasteiger partial charge in [0, 0.05) is 0 Å². The Morgan fingerprint density at radius 2 is 1.70 bits per heavy atom. The van der Waals surface area contributed by atoms with Gasteiger partial charge in [0.05, 0.1) is 0 Å². The summed E-state index contributed by atoms with van der Waals surface area (Å²) in [4.78, 5) is 0. The van der Waals surface area contributed by atoms with Crippen molar-refractivity contribution in [3.05, 3.63) is 82.5 Å². The quantitative estimate of drug-likeness (QED) is 0.600. The lowest BCUT2D eigenvalue weighted by molar-refractivity contribution is 1.06. The van der Waals surface area contributed by atoms with E-state index in [-0.39, 0.29) is 0 Å². The first-order valence-corrected chi connectivity index (χ1v) is 7.22. The molecule has 2 aromatic carbocycles. The van der Waals surface area contributed by atoms with Crippen LogP contribution >= 0.6 is 0 Å². The normalized spacial score (nSPS) is 18.8. The molecule has 0 radical (unpaired) electrons.